The normalized spacial score (nSPS) is 13.3. The molecule has 2 aliphatic carbocycles. The Bertz CT molecular complexity index is 3160. The number of fused-ring (bicyclic) bond motifs is 10. The van der Waals surface area contributed by atoms with Gasteiger partial charge in [0.1, 0.15) is 0 Å². The molecule has 10 aromatic rings. The van der Waals surface area contributed by atoms with E-state index in [9.17, 15) is 0 Å². The van der Waals surface area contributed by atoms with E-state index in [0.29, 0.717) is 17.6 Å². The highest BCUT2D eigenvalue weighted by Gasteiger charge is 2.48. The molecular formula is C53H34N4. The van der Waals surface area contributed by atoms with Crippen LogP contribution < -0.4 is 0 Å². The molecule has 266 valence electrons. The van der Waals surface area contributed by atoms with Crippen molar-refractivity contribution in [2.75, 3.05) is 0 Å². The Morgan fingerprint density at radius 1 is 0.421 bits per heavy atom. The van der Waals surface area contributed by atoms with Crippen LogP contribution in [0, 0.1) is 0 Å². The van der Waals surface area contributed by atoms with Crippen molar-refractivity contribution >= 4 is 21.8 Å². The Morgan fingerprint density at radius 3 is 1.82 bits per heavy atom. The zero-order valence-corrected chi connectivity index (χ0v) is 31.0. The molecule has 0 N–H and O–H groups in total. The Balaban J connectivity index is 1.23. The lowest BCUT2D eigenvalue weighted by atomic mass is 9.67. The molecule has 4 nitrogen and oxygen atoms in total. The Morgan fingerprint density at radius 2 is 1.04 bits per heavy atom. The van der Waals surface area contributed by atoms with Crippen LogP contribution in [0.2, 0.25) is 0 Å². The van der Waals surface area contributed by atoms with Gasteiger partial charge in [-0.25, -0.2) is 4.98 Å². The number of para-hydroxylation sites is 1. The molecule has 0 fully saturated rings. The van der Waals surface area contributed by atoms with Crippen molar-refractivity contribution in [2.45, 2.75) is 11.8 Å². The lowest BCUT2D eigenvalue weighted by Gasteiger charge is -2.34. The summed E-state index contributed by atoms with van der Waals surface area (Å²) < 4.78 is 2.32. The summed E-state index contributed by atoms with van der Waals surface area (Å²) in [6, 6.07) is 69.8. The zero-order chi connectivity index (χ0) is 37.5. The van der Waals surface area contributed by atoms with Crippen LogP contribution in [0.15, 0.2) is 194 Å². The highest BCUT2D eigenvalue weighted by atomic mass is 15.2. The Labute approximate surface area is 330 Å². The SMILES string of the molecule is c1ccc(-c2nc(-c3cccc4c3Cc3ccccc3-4)nc(-n3c4ccccc4c4ccc5c(c43)C(c3ccccc3)(c3ccccc3)c3ccccc3-5)n2)cc1. The number of rotatable bonds is 5. The van der Waals surface area contributed by atoms with Crippen LogP contribution in [0.3, 0.4) is 0 Å². The third-order valence-corrected chi connectivity index (χ3v) is 12.2. The van der Waals surface area contributed by atoms with Crippen molar-refractivity contribution in [3.63, 3.8) is 0 Å². The van der Waals surface area contributed by atoms with Gasteiger partial charge in [-0.15, -0.1) is 0 Å². The monoisotopic (exact) mass is 726 g/mol. The summed E-state index contributed by atoms with van der Waals surface area (Å²) in [5.74, 6) is 1.91. The average Bonchev–Trinajstić information content (AvgIpc) is 3.94. The summed E-state index contributed by atoms with van der Waals surface area (Å²) in [6.45, 7) is 0. The zero-order valence-electron chi connectivity index (χ0n) is 31.0. The van der Waals surface area contributed by atoms with E-state index in [4.69, 9.17) is 15.0 Å². The van der Waals surface area contributed by atoms with E-state index < -0.39 is 5.41 Å². The van der Waals surface area contributed by atoms with Gasteiger partial charge in [-0.05, 0) is 62.6 Å². The van der Waals surface area contributed by atoms with E-state index >= 15 is 0 Å². The molecule has 2 aromatic heterocycles. The lowest BCUT2D eigenvalue weighted by Crippen LogP contribution is -2.29. The van der Waals surface area contributed by atoms with Gasteiger partial charge in [0.15, 0.2) is 11.6 Å². The summed E-state index contributed by atoms with van der Waals surface area (Å²) in [5.41, 5.74) is 16.0. The van der Waals surface area contributed by atoms with Gasteiger partial charge in [0.05, 0.1) is 16.4 Å². The van der Waals surface area contributed by atoms with Crippen LogP contribution in [-0.4, -0.2) is 19.5 Å². The molecule has 0 bridgehead atoms. The third kappa shape index (κ3) is 4.53. The predicted octanol–water partition coefficient (Wildman–Crippen LogP) is 12.2. The molecule has 0 aliphatic heterocycles. The van der Waals surface area contributed by atoms with Crippen LogP contribution in [0.4, 0.5) is 0 Å². The van der Waals surface area contributed by atoms with Gasteiger partial charge in [-0.1, -0.05) is 188 Å². The van der Waals surface area contributed by atoms with Crippen LogP contribution in [0.5, 0.6) is 0 Å². The van der Waals surface area contributed by atoms with E-state index in [1.165, 1.54) is 55.6 Å². The van der Waals surface area contributed by atoms with Gasteiger partial charge in [-0.2, -0.15) is 9.97 Å². The largest absolute Gasteiger partial charge is 0.277 e. The van der Waals surface area contributed by atoms with Crippen molar-refractivity contribution in [1.29, 1.82) is 0 Å². The average molecular weight is 727 g/mol. The van der Waals surface area contributed by atoms with Crippen LogP contribution in [0.1, 0.15) is 33.4 Å². The van der Waals surface area contributed by atoms with Gasteiger partial charge >= 0.3 is 0 Å². The van der Waals surface area contributed by atoms with Gasteiger partial charge in [-0.3, -0.25) is 4.57 Å². The Kier molecular flexibility index (Phi) is 6.87. The molecule has 2 heterocycles. The van der Waals surface area contributed by atoms with Gasteiger partial charge in [0.25, 0.3) is 0 Å². The molecule has 0 unspecified atom stereocenters. The minimum atomic E-state index is -0.621. The minimum absolute atomic E-state index is 0.595. The maximum atomic E-state index is 5.52. The molecule has 12 rings (SSSR count). The first-order valence-corrected chi connectivity index (χ1v) is 19.6. The summed E-state index contributed by atoms with van der Waals surface area (Å²) in [6.07, 6.45) is 0.835. The molecule has 4 heteroatoms. The molecule has 57 heavy (non-hydrogen) atoms. The van der Waals surface area contributed by atoms with Crippen molar-refractivity contribution in [1.82, 2.24) is 19.5 Å². The second kappa shape index (κ2) is 12.3. The number of nitrogens with zero attached hydrogens (tertiary/aromatic N) is 4. The first kappa shape index (κ1) is 31.9. The van der Waals surface area contributed by atoms with Gasteiger partial charge in [0.2, 0.25) is 5.95 Å². The van der Waals surface area contributed by atoms with Crippen molar-refractivity contribution in [3.05, 3.63) is 228 Å². The maximum Gasteiger partial charge on any atom is 0.238 e. The van der Waals surface area contributed by atoms with Crippen molar-refractivity contribution < 1.29 is 0 Å². The molecule has 0 saturated heterocycles. The molecule has 0 radical (unpaired) electrons. The fraction of sp³-hybridized carbons (Fsp3) is 0.0377. The summed E-state index contributed by atoms with van der Waals surface area (Å²) in [7, 11) is 0. The standard InChI is InChI=1S/C53H34N4/c1-4-17-34(18-5-1)50-54-51(44-28-16-27-39-38-24-11-10-19-35(38)33-45(39)44)56-52(55-50)57-47-30-15-13-26-41(47)43-32-31-42-40-25-12-14-29-46(40)53(48(42)49(43)57,36-20-6-2-7-21-36)37-22-8-3-9-23-37/h1-32H,33H2. The first-order valence-electron chi connectivity index (χ1n) is 19.6. The lowest BCUT2D eigenvalue weighted by molar-refractivity contribution is 0.770. The maximum absolute atomic E-state index is 5.52. The third-order valence-electron chi connectivity index (χ3n) is 12.2. The van der Waals surface area contributed by atoms with Gasteiger partial charge in [0, 0.05) is 27.5 Å². The fourth-order valence-electron chi connectivity index (χ4n) is 9.86. The van der Waals surface area contributed by atoms with Crippen molar-refractivity contribution in [2.24, 2.45) is 0 Å². The highest BCUT2D eigenvalue weighted by molar-refractivity contribution is 6.13. The second-order valence-electron chi connectivity index (χ2n) is 15.1. The van der Waals surface area contributed by atoms with E-state index in [0.717, 1.165) is 39.4 Å². The molecule has 0 saturated carbocycles. The van der Waals surface area contributed by atoms with Gasteiger partial charge < -0.3 is 0 Å². The van der Waals surface area contributed by atoms with E-state index in [1.807, 2.05) is 18.2 Å². The number of aromatic nitrogens is 4. The Hall–Kier alpha value is -7.43. The van der Waals surface area contributed by atoms with Crippen LogP contribution in [0.25, 0.3) is 72.8 Å². The first-order chi connectivity index (χ1) is 28.3. The number of hydrogen-bond donors (Lipinski definition) is 0. The summed E-state index contributed by atoms with van der Waals surface area (Å²) in [4.78, 5) is 16.2. The highest BCUT2D eigenvalue weighted by Crippen LogP contribution is 2.59. The van der Waals surface area contributed by atoms with Crippen molar-refractivity contribution in [3.8, 4) is 51.0 Å². The summed E-state index contributed by atoms with van der Waals surface area (Å²) in [5, 5.41) is 2.31. The summed E-state index contributed by atoms with van der Waals surface area (Å²) >= 11 is 0. The molecule has 0 atom stereocenters. The molecule has 0 spiro atoms. The van der Waals surface area contributed by atoms with Crippen LogP contribution in [-0.2, 0) is 11.8 Å². The second-order valence-corrected chi connectivity index (χ2v) is 15.1. The topological polar surface area (TPSA) is 43.6 Å². The van der Waals surface area contributed by atoms with E-state index in [-0.39, 0.29) is 0 Å². The quantitative estimate of drug-likeness (QED) is 0.177. The molecule has 0 amide bonds. The minimum Gasteiger partial charge on any atom is -0.277 e. The number of benzene rings is 8. The van der Waals surface area contributed by atoms with Crippen LogP contribution >= 0.6 is 0 Å². The smallest absolute Gasteiger partial charge is 0.238 e. The van der Waals surface area contributed by atoms with E-state index in [2.05, 4.69) is 180 Å². The predicted molar refractivity (Wildman–Crippen MR) is 231 cm³/mol. The molecular weight excluding hydrogens is 693 g/mol. The fourth-order valence-corrected chi connectivity index (χ4v) is 9.86. The molecule has 2 aliphatic rings. The molecule has 8 aromatic carbocycles. The van der Waals surface area contributed by atoms with E-state index in [1.54, 1.807) is 0 Å². The number of hydrogen-bond acceptors (Lipinski definition) is 3.